The standard InChI is InChI=1S/C27H26FNO5S/c1-4-5-6-18-7-11-21(12-8-18)29-17-26(35(31,32)25-14-10-20(28)16-22(25)29)27(30)19-9-13-23(33-2)24(15-19)34-3/h7-17H,4-6H2,1-3H3. The molecule has 8 heteroatoms. The van der Waals surface area contributed by atoms with Crippen LogP contribution in [-0.2, 0) is 16.3 Å². The highest BCUT2D eigenvalue weighted by molar-refractivity contribution is 7.96. The van der Waals surface area contributed by atoms with Crippen LogP contribution in [0.15, 0.2) is 76.7 Å². The summed E-state index contributed by atoms with van der Waals surface area (Å²) in [5.74, 6) is -0.568. The minimum atomic E-state index is -4.21. The van der Waals surface area contributed by atoms with Gasteiger partial charge in [-0.05, 0) is 66.9 Å². The summed E-state index contributed by atoms with van der Waals surface area (Å²) in [6.45, 7) is 2.12. The van der Waals surface area contributed by atoms with Crippen LogP contribution >= 0.6 is 0 Å². The number of allylic oxidation sites excluding steroid dienone is 1. The lowest BCUT2D eigenvalue weighted by molar-refractivity contribution is 0.104. The second kappa shape index (κ2) is 9.92. The average molecular weight is 496 g/mol. The van der Waals surface area contributed by atoms with E-state index in [2.05, 4.69) is 6.92 Å². The molecule has 0 atom stereocenters. The monoisotopic (exact) mass is 495 g/mol. The van der Waals surface area contributed by atoms with Crippen LogP contribution in [0.5, 0.6) is 11.5 Å². The van der Waals surface area contributed by atoms with Gasteiger partial charge in [0, 0.05) is 17.5 Å². The van der Waals surface area contributed by atoms with Gasteiger partial charge in [0.25, 0.3) is 0 Å². The lowest BCUT2D eigenvalue weighted by Gasteiger charge is -2.29. The van der Waals surface area contributed by atoms with Crippen molar-refractivity contribution in [3.05, 3.63) is 88.7 Å². The summed E-state index contributed by atoms with van der Waals surface area (Å²) < 4.78 is 51.6. The second-order valence-corrected chi connectivity index (χ2v) is 10.0. The van der Waals surface area contributed by atoms with Crippen LogP contribution in [0.4, 0.5) is 15.8 Å². The predicted molar refractivity (Wildman–Crippen MR) is 133 cm³/mol. The van der Waals surface area contributed by atoms with Crippen molar-refractivity contribution in [2.45, 2.75) is 31.1 Å². The number of methoxy groups -OCH3 is 2. The average Bonchev–Trinajstić information content (AvgIpc) is 2.87. The number of carbonyl (C=O) groups is 1. The number of aryl methyl sites for hydroxylation is 1. The molecule has 3 aromatic rings. The number of ether oxygens (including phenoxy) is 2. The van der Waals surface area contributed by atoms with Crippen LogP contribution in [0, 0.1) is 5.82 Å². The number of carbonyl (C=O) groups excluding carboxylic acids is 1. The maximum atomic E-state index is 14.2. The summed E-state index contributed by atoms with van der Waals surface area (Å²) in [5.41, 5.74) is 2.03. The Morgan fingerprint density at radius 3 is 2.31 bits per heavy atom. The minimum absolute atomic E-state index is 0.123. The predicted octanol–water partition coefficient (Wildman–Crippen LogP) is 5.84. The van der Waals surface area contributed by atoms with Crippen LogP contribution in [0.3, 0.4) is 0 Å². The van der Waals surface area contributed by atoms with Crippen molar-refractivity contribution >= 4 is 27.0 Å². The molecule has 3 aromatic carbocycles. The third-order valence-corrected chi connectivity index (χ3v) is 7.70. The fraction of sp³-hybridized carbons (Fsp3) is 0.222. The highest BCUT2D eigenvalue weighted by Crippen LogP contribution is 2.41. The van der Waals surface area contributed by atoms with Crippen LogP contribution in [0.1, 0.15) is 35.7 Å². The zero-order valence-electron chi connectivity index (χ0n) is 19.7. The smallest absolute Gasteiger partial charge is 0.214 e. The fourth-order valence-electron chi connectivity index (χ4n) is 4.00. The molecule has 0 amide bonds. The first-order valence-electron chi connectivity index (χ1n) is 11.2. The minimum Gasteiger partial charge on any atom is -0.493 e. The molecule has 0 aromatic heterocycles. The summed E-state index contributed by atoms with van der Waals surface area (Å²) in [5, 5.41) is 0. The zero-order chi connectivity index (χ0) is 25.2. The van der Waals surface area contributed by atoms with Crippen molar-refractivity contribution in [2.24, 2.45) is 0 Å². The highest BCUT2D eigenvalue weighted by atomic mass is 32.2. The number of rotatable bonds is 8. The quantitative estimate of drug-likeness (QED) is 0.289. The zero-order valence-corrected chi connectivity index (χ0v) is 20.6. The molecule has 0 spiro atoms. The highest BCUT2D eigenvalue weighted by Gasteiger charge is 2.36. The second-order valence-electron chi connectivity index (χ2n) is 8.15. The Morgan fingerprint density at radius 2 is 1.66 bits per heavy atom. The SMILES string of the molecule is CCCCc1ccc(N2C=C(C(=O)c3ccc(OC)c(OC)c3)S(=O)(=O)c3ccc(F)cc32)cc1. The van der Waals surface area contributed by atoms with Crippen LogP contribution in [0.25, 0.3) is 0 Å². The molecule has 1 aliphatic heterocycles. The van der Waals surface area contributed by atoms with Gasteiger partial charge in [0.2, 0.25) is 15.6 Å². The molecule has 4 rings (SSSR count). The number of sulfone groups is 1. The number of halogens is 1. The third kappa shape index (κ3) is 4.66. The van der Waals surface area contributed by atoms with Gasteiger partial charge in [-0.2, -0.15) is 0 Å². The van der Waals surface area contributed by atoms with E-state index < -0.39 is 26.3 Å². The number of anilines is 2. The summed E-state index contributed by atoms with van der Waals surface area (Å²) in [7, 11) is -1.31. The van der Waals surface area contributed by atoms with E-state index in [-0.39, 0.29) is 16.1 Å². The Bertz CT molecular complexity index is 1400. The molecular formula is C27H26FNO5S. The first-order valence-corrected chi connectivity index (χ1v) is 12.7. The van der Waals surface area contributed by atoms with Crippen molar-refractivity contribution in [1.82, 2.24) is 0 Å². The number of hydrogen-bond donors (Lipinski definition) is 0. The van der Waals surface area contributed by atoms with Crippen molar-refractivity contribution in [1.29, 1.82) is 0 Å². The van der Waals surface area contributed by atoms with Crippen LogP contribution < -0.4 is 14.4 Å². The third-order valence-electron chi connectivity index (χ3n) is 5.91. The number of nitrogens with zero attached hydrogens (tertiary/aromatic N) is 1. The molecule has 0 radical (unpaired) electrons. The van der Waals surface area contributed by atoms with E-state index >= 15 is 0 Å². The Labute approximate surface area is 204 Å². The largest absolute Gasteiger partial charge is 0.493 e. The number of unbranched alkanes of at least 4 members (excludes halogenated alkanes) is 1. The molecule has 1 aliphatic rings. The molecule has 6 nitrogen and oxygen atoms in total. The van der Waals surface area contributed by atoms with Gasteiger partial charge in [0.05, 0.1) is 24.8 Å². The number of hydrogen-bond acceptors (Lipinski definition) is 6. The molecule has 182 valence electrons. The molecule has 0 aliphatic carbocycles. The van der Waals surface area contributed by atoms with Gasteiger partial charge in [-0.25, -0.2) is 12.8 Å². The van der Waals surface area contributed by atoms with E-state index in [1.807, 2.05) is 24.3 Å². The lowest BCUT2D eigenvalue weighted by Crippen LogP contribution is -2.26. The molecule has 0 N–H and O–H groups in total. The van der Waals surface area contributed by atoms with Crippen molar-refractivity contribution in [3.8, 4) is 11.5 Å². The molecule has 0 fully saturated rings. The maximum absolute atomic E-state index is 14.2. The van der Waals surface area contributed by atoms with Crippen LogP contribution in [-0.4, -0.2) is 28.4 Å². The molecular weight excluding hydrogens is 469 g/mol. The van der Waals surface area contributed by atoms with Crippen molar-refractivity contribution in [2.75, 3.05) is 19.1 Å². The Morgan fingerprint density at radius 1 is 0.943 bits per heavy atom. The molecule has 1 heterocycles. The summed E-state index contributed by atoms with van der Waals surface area (Å²) in [4.78, 5) is 14.4. The normalized spacial score (nSPS) is 14.2. The van der Waals surface area contributed by atoms with Gasteiger partial charge in [-0.3, -0.25) is 4.79 Å². The molecule has 0 saturated heterocycles. The van der Waals surface area contributed by atoms with Crippen LogP contribution in [0.2, 0.25) is 0 Å². The van der Waals surface area contributed by atoms with Crippen molar-refractivity contribution in [3.63, 3.8) is 0 Å². The topological polar surface area (TPSA) is 72.9 Å². The number of ketones is 1. The lowest BCUT2D eigenvalue weighted by atomic mass is 10.1. The van der Waals surface area contributed by atoms with Gasteiger partial charge < -0.3 is 14.4 Å². The van der Waals surface area contributed by atoms with E-state index in [1.54, 1.807) is 0 Å². The van der Waals surface area contributed by atoms with E-state index in [0.717, 1.165) is 37.0 Å². The van der Waals surface area contributed by atoms with E-state index in [1.165, 1.54) is 49.6 Å². The number of fused-ring (bicyclic) bond motifs is 1. The maximum Gasteiger partial charge on any atom is 0.214 e. The number of Topliss-reactive ketones (excluding diaryl/α,β-unsaturated/α-hetero) is 1. The summed E-state index contributed by atoms with van der Waals surface area (Å²) in [6, 6.07) is 15.5. The van der Waals surface area contributed by atoms with Gasteiger partial charge in [0.15, 0.2) is 11.5 Å². The fourth-order valence-corrected chi connectivity index (χ4v) is 5.52. The van der Waals surface area contributed by atoms with Gasteiger partial charge >= 0.3 is 0 Å². The molecule has 35 heavy (non-hydrogen) atoms. The Kier molecular flexibility index (Phi) is 6.93. The molecule has 0 saturated carbocycles. The molecule has 0 unspecified atom stereocenters. The first kappa shape index (κ1) is 24.5. The van der Waals surface area contributed by atoms with E-state index in [0.29, 0.717) is 17.2 Å². The first-order chi connectivity index (χ1) is 16.8. The van der Waals surface area contributed by atoms with Crippen molar-refractivity contribution < 1.29 is 27.1 Å². The summed E-state index contributed by atoms with van der Waals surface area (Å²) in [6.07, 6.45) is 4.31. The molecule has 0 bridgehead atoms. The number of benzene rings is 3. The summed E-state index contributed by atoms with van der Waals surface area (Å²) >= 11 is 0. The Balaban J connectivity index is 1.83. The van der Waals surface area contributed by atoms with E-state index in [9.17, 15) is 17.6 Å². The van der Waals surface area contributed by atoms with Gasteiger partial charge in [-0.1, -0.05) is 25.5 Å². The Hall–Kier alpha value is -3.65. The van der Waals surface area contributed by atoms with Gasteiger partial charge in [0.1, 0.15) is 10.7 Å². The van der Waals surface area contributed by atoms with E-state index in [4.69, 9.17) is 9.47 Å². The van der Waals surface area contributed by atoms with Gasteiger partial charge in [-0.15, -0.1) is 0 Å².